The van der Waals surface area contributed by atoms with Crippen molar-refractivity contribution in [2.24, 2.45) is 0 Å². The molecule has 0 bridgehead atoms. The van der Waals surface area contributed by atoms with Crippen LogP contribution in [0.5, 0.6) is 11.5 Å². The van der Waals surface area contributed by atoms with Gasteiger partial charge in [-0.3, -0.25) is 4.79 Å². The summed E-state index contributed by atoms with van der Waals surface area (Å²) in [6, 6.07) is 17.2. The molecular formula is C20H17N5O3. The van der Waals surface area contributed by atoms with Crippen LogP contribution in [0.15, 0.2) is 54.6 Å². The number of hydrogen-bond acceptors (Lipinski definition) is 7. The summed E-state index contributed by atoms with van der Waals surface area (Å²) in [4.78, 5) is 12.4. The van der Waals surface area contributed by atoms with Crippen LogP contribution in [-0.4, -0.2) is 30.3 Å². The van der Waals surface area contributed by atoms with E-state index in [1.54, 1.807) is 61.7 Å². The molecule has 2 aromatic carbocycles. The number of nitrogens with one attached hydrogen (secondary N) is 2. The summed E-state index contributed by atoms with van der Waals surface area (Å²) < 4.78 is 10.4. The molecule has 0 spiro atoms. The van der Waals surface area contributed by atoms with Gasteiger partial charge in [-0.25, -0.2) is 0 Å². The van der Waals surface area contributed by atoms with Crippen LogP contribution in [-0.2, 0) is 0 Å². The number of aromatic nitrogens is 2. The van der Waals surface area contributed by atoms with Crippen LogP contribution in [0.1, 0.15) is 16.1 Å². The van der Waals surface area contributed by atoms with Gasteiger partial charge in [0.25, 0.3) is 5.91 Å². The van der Waals surface area contributed by atoms with Gasteiger partial charge in [0.05, 0.1) is 31.5 Å². The maximum Gasteiger partial charge on any atom is 0.276 e. The highest BCUT2D eigenvalue weighted by Gasteiger charge is 2.12. The fourth-order valence-corrected chi connectivity index (χ4v) is 2.38. The van der Waals surface area contributed by atoms with Gasteiger partial charge >= 0.3 is 0 Å². The summed E-state index contributed by atoms with van der Waals surface area (Å²) in [5, 5.41) is 22.6. The van der Waals surface area contributed by atoms with Crippen molar-refractivity contribution >= 4 is 23.1 Å². The third kappa shape index (κ3) is 4.34. The standard InChI is InChI=1S/C20H17N5O3/c1-27-15-7-8-16(18(11-15)28-2)23-20(26)17-9-10-19(25-24-17)22-14-5-3-13(12-21)4-6-14/h3-11H,1-2H3,(H,22,25)(H,23,26). The SMILES string of the molecule is COc1ccc(NC(=O)c2ccc(Nc3ccc(C#N)cc3)nn2)c(OC)c1. The van der Waals surface area contributed by atoms with E-state index in [-0.39, 0.29) is 5.69 Å². The van der Waals surface area contributed by atoms with E-state index in [1.807, 2.05) is 0 Å². The Morgan fingerprint density at radius 2 is 1.79 bits per heavy atom. The molecule has 1 heterocycles. The first-order valence-electron chi connectivity index (χ1n) is 8.27. The summed E-state index contributed by atoms with van der Waals surface area (Å²) in [7, 11) is 3.06. The van der Waals surface area contributed by atoms with Crippen molar-refractivity contribution in [3.63, 3.8) is 0 Å². The molecule has 0 aliphatic carbocycles. The number of methoxy groups -OCH3 is 2. The number of anilines is 3. The van der Waals surface area contributed by atoms with Gasteiger partial charge < -0.3 is 20.1 Å². The largest absolute Gasteiger partial charge is 0.497 e. The average molecular weight is 375 g/mol. The summed E-state index contributed by atoms with van der Waals surface area (Å²) >= 11 is 0. The van der Waals surface area contributed by atoms with Gasteiger partial charge in [-0.15, -0.1) is 10.2 Å². The van der Waals surface area contributed by atoms with Crippen LogP contribution in [0, 0.1) is 11.3 Å². The Labute approximate surface area is 161 Å². The Morgan fingerprint density at radius 3 is 2.39 bits per heavy atom. The maximum absolute atomic E-state index is 12.4. The predicted octanol–water partition coefficient (Wildman–Crippen LogP) is 3.36. The van der Waals surface area contributed by atoms with E-state index in [2.05, 4.69) is 26.9 Å². The zero-order chi connectivity index (χ0) is 19.9. The molecule has 0 saturated carbocycles. The number of nitrogens with zero attached hydrogens (tertiary/aromatic N) is 3. The second kappa shape index (κ2) is 8.51. The van der Waals surface area contributed by atoms with Gasteiger partial charge in [-0.2, -0.15) is 5.26 Å². The molecule has 0 aliphatic rings. The lowest BCUT2D eigenvalue weighted by Crippen LogP contribution is -2.15. The quantitative estimate of drug-likeness (QED) is 0.680. The molecule has 1 aromatic heterocycles. The monoisotopic (exact) mass is 375 g/mol. The molecule has 3 aromatic rings. The highest BCUT2D eigenvalue weighted by atomic mass is 16.5. The van der Waals surface area contributed by atoms with E-state index in [4.69, 9.17) is 14.7 Å². The average Bonchev–Trinajstić information content (AvgIpc) is 2.75. The van der Waals surface area contributed by atoms with Crippen LogP contribution in [0.25, 0.3) is 0 Å². The second-order valence-corrected chi connectivity index (χ2v) is 5.64. The Morgan fingerprint density at radius 1 is 1.00 bits per heavy atom. The first kappa shape index (κ1) is 18.7. The summed E-state index contributed by atoms with van der Waals surface area (Å²) in [6.07, 6.45) is 0. The summed E-state index contributed by atoms with van der Waals surface area (Å²) in [5.41, 5.74) is 1.98. The van der Waals surface area contributed by atoms with Crippen molar-refractivity contribution in [1.82, 2.24) is 10.2 Å². The van der Waals surface area contributed by atoms with Crippen LogP contribution in [0.4, 0.5) is 17.2 Å². The number of amides is 1. The molecule has 0 saturated heterocycles. The lowest BCUT2D eigenvalue weighted by Gasteiger charge is -2.11. The third-order valence-corrected chi connectivity index (χ3v) is 3.84. The molecule has 140 valence electrons. The molecule has 8 nitrogen and oxygen atoms in total. The van der Waals surface area contributed by atoms with E-state index in [9.17, 15) is 4.79 Å². The maximum atomic E-state index is 12.4. The van der Waals surface area contributed by atoms with Gasteiger partial charge in [-0.1, -0.05) is 0 Å². The van der Waals surface area contributed by atoms with E-state index < -0.39 is 5.91 Å². The molecule has 0 atom stereocenters. The topological polar surface area (TPSA) is 109 Å². The van der Waals surface area contributed by atoms with E-state index in [1.165, 1.54) is 7.11 Å². The first-order chi connectivity index (χ1) is 13.6. The first-order valence-corrected chi connectivity index (χ1v) is 8.27. The molecule has 2 N–H and O–H groups in total. The molecule has 0 aliphatic heterocycles. The number of benzene rings is 2. The minimum atomic E-state index is -0.416. The van der Waals surface area contributed by atoms with Crippen molar-refractivity contribution in [3.05, 3.63) is 65.9 Å². The third-order valence-electron chi connectivity index (χ3n) is 3.84. The van der Waals surface area contributed by atoms with Crippen LogP contribution < -0.4 is 20.1 Å². The van der Waals surface area contributed by atoms with Crippen LogP contribution in [0.2, 0.25) is 0 Å². The fourth-order valence-electron chi connectivity index (χ4n) is 2.38. The lowest BCUT2D eigenvalue weighted by molar-refractivity contribution is 0.102. The van der Waals surface area contributed by atoms with Crippen LogP contribution in [0.3, 0.4) is 0 Å². The van der Waals surface area contributed by atoms with Crippen molar-refractivity contribution in [1.29, 1.82) is 5.26 Å². The van der Waals surface area contributed by atoms with E-state index in [0.29, 0.717) is 28.6 Å². The number of hydrogen-bond donors (Lipinski definition) is 2. The Bertz CT molecular complexity index is 1010. The Kier molecular flexibility index (Phi) is 5.67. The zero-order valence-electron chi connectivity index (χ0n) is 15.3. The number of nitriles is 1. The van der Waals surface area contributed by atoms with Crippen molar-refractivity contribution in [3.8, 4) is 17.6 Å². The predicted molar refractivity (Wildman–Crippen MR) is 104 cm³/mol. The van der Waals surface area contributed by atoms with Crippen molar-refractivity contribution in [2.75, 3.05) is 24.9 Å². The van der Waals surface area contributed by atoms with Gasteiger partial charge in [0.1, 0.15) is 11.5 Å². The van der Waals surface area contributed by atoms with Gasteiger partial charge in [-0.05, 0) is 48.5 Å². The van der Waals surface area contributed by atoms with E-state index in [0.717, 1.165) is 5.69 Å². The summed E-state index contributed by atoms with van der Waals surface area (Å²) in [5.74, 6) is 1.15. The normalized spacial score (nSPS) is 9.89. The zero-order valence-corrected chi connectivity index (χ0v) is 15.3. The summed E-state index contributed by atoms with van der Waals surface area (Å²) in [6.45, 7) is 0. The van der Waals surface area contributed by atoms with Gasteiger partial charge in [0, 0.05) is 11.8 Å². The fraction of sp³-hybridized carbons (Fsp3) is 0.100. The number of rotatable bonds is 6. The second-order valence-electron chi connectivity index (χ2n) is 5.64. The van der Waals surface area contributed by atoms with Crippen molar-refractivity contribution in [2.45, 2.75) is 0 Å². The van der Waals surface area contributed by atoms with E-state index >= 15 is 0 Å². The molecule has 28 heavy (non-hydrogen) atoms. The van der Waals surface area contributed by atoms with Gasteiger partial charge in [0.15, 0.2) is 11.5 Å². The van der Waals surface area contributed by atoms with Crippen LogP contribution >= 0.6 is 0 Å². The minimum absolute atomic E-state index is 0.156. The molecular weight excluding hydrogens is 358 g/mol. The highest BCUT2D eigenvalue weighted by Crippen LogP contribution is 2.29. The number of carbonyl (C=O) groups excluding carboxylic acids is 1. The number of ether oxygens (including phenoxy) is 2. The smallest absolute Gasteiger partial charge is 0.276 e. The molecule has 0 fully saturated rings. The molecule has 0 unspecified atom stereocenters. The minimum Gasteiger partial charge on any atom is -0.497 e. The molecule has 3 rings (SSSR count). The lowest BCUT2D eigenvalue weighted by atomic mass is 10.2. The van der Waals surface area contributed by atoms with Crippen molar-refractivity contribution < 1.29 is 14.3 Å². The van der Waals surface area contributed by atoms with Gasteiger partial charge in [0.2, 0.25) is 0 Å². The highest BCUT2D eigenvalue weighted by molar-refractivity contribution is 6.03. The molecule has 1 amide bonds. The Balaban J connectivity index is 1.69. The number of carbonyl (C=O) groups is 1. The molecule has 0 radical (unpaired) electrons. The molecule has 8 heteroatoms. The Hall–Kier alpha value is -4.12.